The molecule has 1 aliphatic heterocycles. The number of nitrogens with two attached hydrogens (primary N) is 1. The first kappa shape index (κ1) is 31.0. The zero-order valence-electron chi connectivity index (χ0n) is 23.1. The lowest BCUT2D eigenvalue weighted by Gasteiger charge is -2.30. The first-order valence-electron chi connectivity index (χ1n) is 13.3. The number of rotatable bonds is 7. The lowest BCUT2D eigenvalue weighted by molar-refractivity contribution is -0.140. The minimum absolute atomic E-state index is 0.0991. The van der Waals surface area contributed by atoms with Gasteiger partial charge in [-0.2, -0.15) is 18.3 Å². The predicted molar refractivity (Wildman–Crippen MR) is 149 cm³/mol. The minimum atomic E-state index is -4.61. The number of fused-ring (bicyclic) bond motifs is 1. The van der Waals surface area contributed by atoms with E-state index in [9.17, 15) is 22.8 Å². The molecule has 13 nitrogen and oxygen atoms in total. The van der Waals surface area contributed by atoms with Gasteiger partial charge in [-0.1, -0.05) is 6.92 Å². The standard InChI is InChI=1S/C26H28F3N9O2.CH2O2/c1-2-15-11-17(3-4-18(15)25(40)33-14-21(39)37-8-5-16(30)6-9-37)35-23-24-32-13-20(38(24)10-7-31-23)19-12-34-36-22(19)26(27,28)29;2-1-3/h3-4,7,10-13,16H,2,5-6,8-9,14,30H2,1H3,(H,31,35)(H,33,40)(H,34,36);1H,(H,2,3). The second-order valence-corrected chi connectivity index (χ2v) is 9.63. The largest absolute Gasteiger partial charge is 0.483 e. The molecule has 1 aromatic carbocycles. The lowest BCUT2D eigenvalue weighted by atomic mass is 10.0. The van der Waals surface area contributed by atoms with Crippen molar-refractivity contribution < 1.29 is 32.7 Å². The number of hydrogen-bond acceptors (Lipinski definition) is 8. The second kappa shape index (κ2) is 13.3. The predicted octanol–water partition coefficient (Wildman–Crippen LogP) is 2.82. The van der Waals surface area contributed by atoms with Crippen LogP contribution in [0, 0.1) is 0 Å². The van der Waals surface area contributed by atoms with E-state index in [1.54, 1.807) is 23.1 Å². The van der Waals surface area contributed by atoms with Gasteiger partial charge in [0.05, 0.1) is 30.2 Å². The molecular weight excluding hydrogens is 571 g/mol. The summed E-state index contributed by atoms with van der Waals surface area (Å²) < 4.78 is 41.7. The first-order valence-corrected chi connectivity index (χ1v) is 13.3. The maximum absolute atomic E-state index is 13.4. The third kappa shape index (κ3) is 7.09. The number of alkyl halides is 3. The molecule has 0 radical (unpaired) electrons. The summed E-state index contributed by atoms with van der Waals surface area (Å²) in [6, 6.07) is 5.23. The van der Waals surface area contributed by atoms with E-state index >= 15 is 0 Å². The summed E-state index contributed by atoms with van der Waals surface area (Å²) in [5.74, 6) is -0.186. The number of nitrogens with zero attached hydrogens (tertiary/aromatic N) is 5. The Balaban J connectivity index is 0.00000135. The summed E-state index contributed by atoms with van der Waals surface area (Å²) in [4.78, 5) is 44.0. The molecule has 0 spiro atoms. The Kier molecular flexibility index (Phi) is 9.59. The molecule has 1 fully saturated rings. The normalized spacial score (nSPS) is 13.7. The number of likely N-dealkylation sites (tertiary alicyclic amines) is 1. The Hall–Kier alpha value is -4.99. The number of hydrogen-bond donors (Lipinski definition) is 5. The zero-order valence-corrected chi connectivity index (χ0v) is 23.1. The van der Waals surface area contributed by atoms with E-state index in [-0.39, 0.29) is 42.1 Å². The number of carboxylic acid groups (broad SMARTS) is 1. The van der Waals surface area contributed by atoms with E-state index in [4.69, 9.17) is 15.6 Å². The van der Waals surface area contributed by atoms with Gasteiger partial charge in [-0.05, 0) is 43.0 Å². The van der Waals surface area contributed by atoms with Crippen LogP contribution in [-0.4, -0.2) is 78.5 Å². The second-order valence-electron chi connectivity index (χ2n) is 9.63. The summed E-state index contributed by atoms with van der Waals surface area (Å²) in [6.45, 7) is 2.72. The average molecular weight is 602 g/mol. The third-order valence-corrected chi connectivity index (χ3v) is 6.91. The highest BCUT2D eigenvalue weighted by Gasteiger charge is 2.36. The van der Waals surface area contributed by atoms with Crippen LogP contribution in [0.15, 0.2) is 43.0 Å². The zero-order chi connectivity index (χ0) is 31.1. The number of nitrogens with one attached hydrogen (secondary N) is 3. The number of aryl methyl sites for hydroxylation is 1. The van der Waals surface area contributed by atoms with Gasteiger partial charge in [0, 0.05) is 42.8 Å². The molecule has 0 bridgehead atoms. The first-order chi connectivity index (χ1) is 20.6. The van der Waals surface area contributed by atoms with E-state index in [0.29, 0.717) is 42.2 Å². The molecule has 5 rings (SSSR count). The van der Waals surface area contributed by atoms with Crippen molar-refractivity contribution in [3.8, 4) is 11.3 Å². The third-order valence-electron chi connectivity index (χ3n) is 6.91. The van der Waals surface area contributed by atoms with Crippen LogP contribution in [-0.2, 0) is 22.2 Å². The molecule has 3 aromatic heterocycles. The van der Waals surface area contributed by atoms with Gasteiger partial charge in [-0.3, -0.25) is 23.9 Å². The van der Waals surface area contributed by atoms with E-state index in [1.165, 1.54) is 23.0 Å². The maximum Gasteiger partial charge on any atom is 0.433 e. The summed E-state index contributed by atoms with van der Waals surface area (Å²) in [7, 11) is 0. The van der Waals surface area contributed by atoms with Gasteiger partial charge in [0.25, 0.3) is 12.4 Å². The van der Waals surface area contributed by atoms with Crippen LogP contribution in [0.1, 0.15) is 41.4 Å². The molecule has 0 unspecified atom stereocenters. The fourth-order valence-corrected chi connectivity index (χ4v) is 4.74. The number of halogens is 3. The van der Waals surface area contributed by atoms with Crippen molar-refractivity contribution in [3.05, 3.63) is 59.8 Å². The molecule has 43 heavy (non-hydrogen) atoms. The summed E-state index contributed by atoms with van der Waals surface area (Å²) in [5.41, 5.74) is 7.09. The Labute approximate surface area is 243 Å². The van der Waals surface area contributed by atoms with Gasteiger partial charge in [0.15, 0.2) is 11.5 Å². The van der Waals surface area contributed by atoms with Crippen LogP contribution in [0.5, 0.6) is 0 Å². The summed E-state index contributed by atoms with van der Waals surface area (Å²) in [6.07, 6.45) is 2.82. The molecule has 2 amide bonds. The molecule has 1 aliphatic rings. The molecular formula is C27H30F3N9O4. The number of amides is 2. The highest BCUT2D eigenvalue weighted by atomic mass is 19.4. The number of imidazole rings is 1. The highest BCUT2D eigenvalue weighted by molar-refractivity contribution is 5.98. The van der Waals surface area contributed by atoms with Gasteiger partial charge in [-0.25, -0.2) is 9.97 Å². The van der Waals surface area contributed by atoms with Crippen LogP contribution in [0.2, 0.25) is 0 Å². The topological polar surface area (TPSA) is 184 Å². The molecule has 228 valence electrons. The lowest BCUT2D eigenvalue weighted by Crippen LogP contribution is -2.46. The Morgan fingerprint density at radius 3 is 2.60 bits per heavy atom. The number of anilines is 2. The quantitative estimate of drug-likeness (QED) is 0.199. The summed E-state index contributed by atoms with van der Waals surface area (Å²) in [5, 5.41) is 18.3. The van der Waals surface area contributed by atoms with Crippen molar-refractivity contribution in [2.75, 3.05) is 25.0 Å². The van der Waals surface area contributed by atoms with Crippen LogP contribution in [0.25, 0.3) is 16.9 Å². The van der Waals surface area contributed by atoms with Crippen LogP contribution < -0.4 is 16.4 Å². The highest BCUT2D eigenvalue weighted by Crippen LogP contribution is 2.36. The van der Waals surface area contributed by atoms with Crippen molar-refractivity contribution in [1.82, 2.24) is 34.8 Å². The number of aromatic nitrogens is 5. The smallest absolute Gasteiger partial charge is 0.433 e. The number of aromatic amines is 1. The van der Waals surface area contributed by atoms with Gasteiger partial charge in [0.2, 0.25) is 5.91 Å². The van der Waals surface area contributed by atoms with E-state index in [1.807, 2.05) is 12.0 Å². The summed E-state index contributed by atoms with van der Waals surface area (Å²) >= 11 is 0. The number of piperidine rings is 1. The van der Waals surface area contributed by atoms with Crippen LogP contribution in [0.3, 0.4) is 0 Å². The molecule has 0 aliphatic carbocycles. The number of carbonyl (C=O) groups is 3. The minimum Gasteiger partial charge on any atom is -0.483 e. The molecule has 1 saturated heterocycles. The number of H-pyrrole nitrogens is 1. The van der Waals surface area contributed by atoms with Crippen LogP contribution >= 0.6 is 0 Å². The fourth-order valence-electron chi connectivity index (χ4n) is 4.74. The molecule has 4 heterocycles. The molecule has 6 N–H and O–H groups in total. The maximum atomic E-state index is 13.4. The van der Waals surface area contributed by atoms with E-state index < -0.39 is 11.9 Å². The Bertz CT molecular complexity index is 1590. The number of carbonyl (C=O) groups excluding carboxylic acids is 2. The Morgan fingerprint density at radius 2 is 1.93 bits per heavy atom. The van der Waals surface area contributed by atoms with Crippen molar-refractivity contribution >= 4 is 35.4 Å². The molecule has 16 heteroatoms. The SMILES string of the molecule is CCc1cc(Nc2nccn3c(-c4cn[nH]c4C(F)(F)F)cnc23)ccc1C(=O)NCC(=O)N1CCC(N)CC1.O=CO. The van der Waals surface area contributed by atoms with Crippen molar-refractivity contribution in [3.63, 3.8) is 0 Å². The van der Waals surface area contributed by atoms with Crippen molar-refractivity contribution in [2.45, 2.75) is 38.4 Å². The van der Waals surface area contributed by atoms with Gasteiger partial charge in [-0.15, -0.1) is 0 Å². The average Bonchev–Trinajstić information content (AvgIpc) is 3.64. The molecule has 4 aromatic rings. The number of benzene rings is 1. The van der Waals surface area contributed by atoms with Crippen molar-refractivity contribution in [2.24, 2.45) is 5.73 Å². The van der Waals surface area contributed by atoms with Crippen molar-refractivity contribution in [1.29, 1.82) is 0 Å². The molecule has 0 saturated carbocycles. The fraction of sp³-hybridized carbons (Fsp3) is 0.333. The van der Waals surface area contributed by atoms with E-state index in [0.717, 1.165) is 24.6 Å². The van der Waals surface area contributed by atoms with Gasteiger partial charge >= 0.3 is 6.18 Å². The Morgan fingerprint density at radius 1 is 1.21 bits per heavy atom. The van der Waals surface area contributed by atoms with E-state index in [2.05, 4.69) is 25.7 Å². The van der Waals surface area contributed by atoms with Gasteiger partial charge < -0.3 is 26.4 Å². The van der Waals surface area contributed by atoms with Crippen LogP contribution in [0.4, 0.5) is 24.7 Å². The monoisotopic (exact) mass is 601 g/mol. The molecule has 0 atom stereocenters. The van der Waals surface area contributed by atoms with Gasteiger partial charge in [0.1, 0.15) is 5.69 Å².